The first-order valence-electron chi connectivity index (χ1n) is 11.3. The lowest BCUT2D eigenvalue weighted by Crippen LogP contribution is -2.60. The van der Waals surface area contributed by atoms with Gasteiger partial charge in [-0.25, -0.2) is 0 Å². The Morgan fingerprint density at radius 1 is 1.07 bits per heavy atom. The molecule has 0 radical (unpaired) electrons. The quantitative estimate of drug-likeness (QED) is 0.318. The topological polar surface area (TPSA) is 42.9 Å². The number of halogens is 1. The molecule has 3 rings (SSSR count). The molecule has 1 aliphatic carbocycles. The number of rotatable bonds is 6. The second-order valence-electron chi connectivity index (χ2n) is 8.57. The van der Waals surface area contributed by atoms with Crippen molar-refractivity contribution in [2.75, 3.05) is 57.8 Å². The van der Waals surface area contributed by atoms with E-state index < -0.39 is 0 Å². The fourth-order valence-corrected chi connectivity index (χ4v) is 6.01. The van der Waals surface area contributed by atoms with Crippen molar-refractivity contribution in [1.29, 1.82) is 0 Å². The minimum absolute atomic E-state index is 0. The van der Waals surface area contributed by atoms with Crippen molar-refractivity contribution in [3.63, 3.8) is 0 Å². The van der Waals surface area contributed by atoms with Crippen LogP contribution in [0.2, 0.25) is 0 Å². The van der Waals surface area contributed by atoms with Crippen LogP contribution in [0.1, 0.15) is 58.3 Å². The second-order valence-corrected chi connectivity index (χ2v) is 9.80. The zero-order chi connectivity index (χ0) is 19.0. The zero-order valence-electron chi connectivity index (χ0n) is 18.0. The van der Waals surface area contributed by atoms with Crippen molar-refractivity contribution in [1.82, 2.24) is 20.4 Å². The lowest BCUT2D eigenvalue weighted by atomic mass is 9.80. The molecule has 0 spiro atoms. The molecule has 0 aromatic rings. The fraction of sp³-hybridized carbons (Fsp3) is 0.952. The van der Waals surface area contributed by atoms with Crippen LogP contribution in [0, 0.1) is 0 Å². The van der Waals surface area contributed by atoms with Crippen LogP contribution in [0.15, 0.2) is 4.99 Å². The molecule has 3 fully saturated rings. The normalized spacial score (nSPS) is 25.1. The SMILES string of the molecule is CCCN1CCC(NC(=NC)NCC2(N3CCSCC3)CCCCC2)CC1.I. The van der Waals surface area contributed by atoms with Crippen LogP contribution >= 0.6 is 35.7 Å². The maximum absolute atomic E-state index is 4.56. The van der Waals surface area contributed by atoms with Crippen molar-refractivity contribution in [3.05, 3.63) is 0 Å². The van der Waals surface area contributed by atoms with Crippen LogP contribution in [-0.2, 0) is 0 Å². The van der Waals surface area contributed by atoms with Gasteiger partial charge in [0.15, 0.2) is 5.96 Å². The Hall–Kier alpha value is 0.270. The monoisotopic (exact) mass is 523 g/mol. The van der Waals surface area contributed by atoms with Gasteiger partial charge in [-0.3, -0.25) is 9.89 Å². The Kier molecular flexibility index (Phi) is 11.3. The Bertz CT molecular complexity index is 456. The summed E-state index contributed by atoms with van der Waals surface area (Å²) in [5.74, 6) is 3.61. The second kappa shape index (κ2) is 12.8. The Morgan fingerprint density at radius 2 is 1.75 bits per heavy atom. The van der Waals surface area contributed by atoms with Gasteiger partial charge in [0, 0.05) is 62.9 Å². The molecule has 0 atom stereocenters. The fourth-order valence-electron chi connectivity index (χ4n) is 5.11. The number of piperidine rings is 1. The molecule has 2 heterocycles. The molecule has 28 heavy (non-hydrogen) atoms. The van der Waals surface area contributed by atoms with Gasteiger partial charge in [-0.05, 0) is 38.6 Å². The van der Waals surface area contributed by atoms with Gasteiger partial charge >= 0.3 is 0 Å². The van der Waals surface area contributed by atoms with Crippen LogP contribution in [-0.4, -0.2) is 85.2 Å². The van der Waals surface area contributed by atoms with Gasteiger partial charge in [-0.2, -0.15) is 11.8 Å². The summed E-state index contributed by atoms with van der Waals surface area (Å²) in [4.78, 5) is 9.95. The van der Waals surface area contributed by atoms with Gasteiger partial charge < -0.3 is 15.5 Å². The van der Waals surface area contributed by atoms with Crippen molar-refractivity contribution in [2.24, 2.45) is 4.99 Å². The lowest BCUT2D eigenvalue weighted by molar-refractivity contribution is 0.0625. The molecule has 7 heteroatoms. The van der Waals surface area contributed by atoms with Crippen LogP contribution in [0.25, 0.3) is 0 Å². The summed E-state index contributed by atoms with van der Waals surface area (Å²) >= 11 is 2.11. The van der Waals surface area contributed by atoms with E-state index in [0.29, 0.717) is 11.6 Å². The molecule has 0 aromatic carbocycles. The van der Waals surface area contributed by atoms with E-state index in [2.05, 4.69) is 44.1 Å². The number of guanidine groups is 1. The Balaban J connectivity index is 0.00000280. The number of thioether (sulfide) groups is 1. The number of hydrogen-bond donors (Lipinski definition) is 2. The predicted octanol–water partition coefficient (Wildman–Crippen LogP) is 3.40. The van der Waals surface area contributed by atoms with Crippen molar-refractivity contribution >= 4 is 41.7 Å². The van der Waals surface area contributed by atoms with E-state index in [9.17, 15) is 0 Å². The van der Waals surface area contributed by atoms with Crippen LogP contribution in [0.5, 0.6) is 0 Å². The summed E-state index contributed by atoms with van der Waals surface area (Å²) in [5.41, 5.74) is 0.349. The summed E-state index contributed by atoms with van der Waals surface area (Å²) in [6, 6.07) is 0.568. The van der Waals surface area contributed by atoms with E-state index in [0.717, 1.165) is 12.5 Å². The van der Waals surface area contributed by atoms with Crippen molar-refractivity contribution in [3.8, 4) is 0 Å². The van der Waals surface area contributed by atoms with Gasteiger partial charge in [0.2, 0.25) is 0 Å². The van der Waals surface area contributed by atoms with Crippen molar-refractivity contribution < 1.29 is 0 Å². The maximum Gasteiger partial charge on any atom is 0.191 e. The molecular formula is C21H42IN5S. The van der Waals surface area contributed by atoms with Gasteiger partial charge in [0.05, 0.1) is 0 Å². The van der Waals surface area contributed by atoms with E-state index >= 15 is 0 Å². The minimum atomic E-state index is 0. The smallest absolute Gasteiger partial charge is 0.191 e. The third kappa shape index (κ3) is 6.91. The molecule has 0 amide bonds. The van der Waals surface area contributed by atoms with E-state index in [1.807, 2.05) is 7.05 Å². The molecular weight excluding hydrogens is 481 g/mol. The molecule has 0 bridgehead atoms. The van der Waals surface area contributed by atoms with E-state index in [1.165, 1.54) is 95.6 Å². The molecule has 0 aromatic heterocycles. The average molecular weight is 524 g/mol. The molecule has 2 aliphatic heterocycles. The Morgan fingerprint density at radius 3 is 2.36 bits per heavy atom. The molecule has 1 saturated carbocycles. The molecule has 0 unspecified atom stereocenters. The first-order chi connectivity index (χ1) is 13.3. The molecule has 5 nitrogen and oxygen atoms in total. The summed E-state index contributed by atoms with van der Waals surface area (Å²) in [5, 5.41) is 7.46. The zero-order valence-corrected chi connectivity index (χ0v) is 21.2. The highest BCUT2D eigenvalue weighted by atomic mass is 127. The van der Waals surface area contributed by atoms with Crippen molar-refractivity contribution in [2.45, 2.75) is 69.9 Å². The number of nitrogens with zero attached hydrogens (tertiary/aromatic N) is 3. The summed E-state index contributed by atoms with van der Waals surface area (Å²) < 4.78 is 0. The van der Waals surface area contributed by atoms with E-state index in [4.69, 9.17) is 0 Å². The van der Waals surface area contributed by atoms with E-state index in [1.54, 1.807) is 0 Å². The molecule has 164 valence electrons. The van der Waals surface area contributed by atoms with Gasteiger partial charge in [0.1, 0.15) is 0 Å². The van der Waals surface area contributed by atoms with Gasteiger partial charge in [-0.1, -0.05) is 26.2 Å². The van der Waals surface area contributed by atoms with Crippen LogP contribution < -0.4 is 10.6 Å². The lowest BCUT2D eigenvalue weighted by Gasteiger charge is -2.48. The number of likely N-dealkylation sites (tertiary alicyclic amines) is 1. The largest absolute Gasteiger partial charge is 0.355 e. The highest BCUT2D eigenvalue weighted by molar-refractivity contribution is 14.0. The first-order valence-corrected chi connectivity index (χ1v) is 12.4. The first kappa shape index (κ1) is 24.5. The number of hydrogen-bond acceptors (Lipinski definition) is 4. The maximum atomic E-state index is 4.56. The minimum Gasteiger partial charge on any atom is -0.355 e. The third-order valence-electron chi connectivity index (χ3n) is 6.74. The summed E-state index contributed by atoms with van der Waals surface area (Å²) in [7, 11) is 1.92. The van der Waals surface area contributed by atoms with Gasteiger partial charge in [-0.15, -0.1) is 24.0 Å². The average Bonchev–Trinajstić information content (AvgIpc) is 2.74. The Labute approximate surface area is 194 Å². The molecule has 3 aliphatic rings. The van der Waals surface area contributed by atoms with E-state index in [-0.39, 0.29) is 24.0 Å². The highest BCUT2D eigenvalue weighted by Crippen LogP contribution is 2.34. The van der Waals surface area contributed by atoms with Crippen LogP contribution in [0.3, 0.4) is 0 Å². The summed E-state index contributed by atoms with van der Waals surface area (Å²) in [6.07, 6.45) is 10.6. The summed E-state index contributed by atoms with van der Waals surface area (Å²) in [6.45, 7) is 9.53. The predicted molar refractivity (Wildman–Crippen MR) is 134 cm³/mol. The van der Waals surface area contributed by atoms with Gasteiger partial charge in [0.25, 0.3) is 0 Å². The van der Waals surface area contributed by atoms with Crippen LogP contribution in [0.4, 0.5) is 0 Å². The third-order valence-corrected chi connectivity index (χ3v) is 7.69. The highest BCUT2D eigenvalue weighted by Gasteiger charge is 2.38. The molecule has 2 saturated heterocycles. The number of aliphatic imine (C=N–C) groups is 1. The molecule has 2 N–H and O–H groups in total. The standard InChI is InChI=1S/C21H41N5S.HI/c1-3-11-25-12-7-19(8-13-25)24-20(22-2)23-18-21(9-5-4-6-10-21)26-14-16-27-17-15-26;/h19H,3-18H2,1-2H3,(H2,22,23,24);1H. The number of nitrogens with one attached hydrogen (secondary N) is 2.